The van der Waals surface area contributed by atoms with E-state index in [1.807, 2.05) is 41.8 Å². The zero-order chi connectivity index (χ0) is 26.8. The number of anilines is 1. The fourth-order valence-electron chi connectivity index (χ4n) is 3.61. The first-order chi connectivity index (χ1) is 18.2. The lowest BCUT2D eigenvalue weighted by atomic mass is 10.1. The summed E-state index contributed by atoms with van der Waals surface area (Å²) in [6, 6.07) is 26.6. The molecule has 5 rings (SSSR count). The van der Waals surface area contributed by atoms with Gasteiger partial charge in [-0.05, 0) is 60.7 Å². The first kappa shape index (κ1) is 25.5. The van der Waals surface area contributed by atoms with E-state index in [9.17, 15) is 21.6 Å². The summed E-state index contributed by atoms with van der Waals surface area (Å²) in [4.78, 5) is 4.68. The Hall–Kier alpha value is -4.15. The molecule has 0 atom stereocenters. The number of ether oxygens (including phenoxy) is 1. The second kappa shape index (κ2) is 10.3. The summed E-state index contributed by atoms with van der Waals surface area (Å²) < 4.78 is 72.2. The van der Waals surface area contributed by atoms with Crippen LogP contribution in [0.25, 0.3) is 21.8 Å². The molecule has 0 aliphatic heterocycles. The smallest absolute Gasteiger partial charge is 0.416 e. The van der Waals surface area contributed by atoms with Gasteiger partial charge in [-0.1, -0.05) is 42.5 Å². The quantitative estimate of drug-likeness (QED) is 0.222. The Balaban J connectivity index is 1.28. The molecule has 38 heavy (non-hydrogen) atoms. The molecule has 1 N–H and O–H groups in total. The molecule has 0 spiro atoms. The fraction of sp³-hybridized carbons (Fsp3) is 0.0357. The van der Waals surface area contributed by atoms with Crippen LogP contribution in [0.15, 0.2) is 113 Å². The molecule has 0 aliphatic rings. The third-order valence-electron chi connectivity index (χ3n) is 5.49. The summed E-state index contributed by atoms with van der Waals surface area (Å²) in [7, 11) is -3.91. The Kier molecular flexibility index (Phi) is 6.92. The molecule has 192 valence electrons. The van der Waals surface area contributed by atoms with Crippen LogP contribution in [0, 0.1) is 0 Å². The maximum absolute atomic E-state index is 13.0. The maximum atomic E-state index is 13.0. The van der Waals surface area contributed by atoms with E-state index in [4.69, 9.17) is 4.74 Å². The molecular formula is C28H19F3N2O3S2. The molecule has 0 saturated carbocycles. The number of hydrogen-bond acceptors (Lipinski definition) is 5. The average molecular weight is 553 g/mol. The van der Waals surface area contributed by atoms with E-state index in [2.05, 4.69) is 9.71 Å². The van der Waals surface area contributed by atoms with Crippen LogP contribution in [0.2, 0.25) is 0 Å². The Morgan fingerprint density at radius 3 is 2.05 bits per heavy atom. The van der Waals surface area contributed by atoms with Crippen molar-refractivity contribution in [1.29, 1.82) is 0 Å². The van der Waals surface area contributed by atoms with Crippen molar-refractivity contribution in [2.75, 3.05) is 4.72 Å². The predicted molar refractivity (Wildman–Crippen MR) is 142 cm³/mol. The SMILES string of the molecule is O=S(=O)(Nc1cccc(-c2csc(-c3ccccc3)n2)c1)c1ccc(Oc2ccc(C(F)(F)F)cc2)cc1. The zero-order valence-electron chi connectivity index (χ0n) is 19.5. The minimum absolute atomic E-state index is 0.00249. The van der Waals surface area contributed by atoms with E-state index in [1.165, 1.54) is 47.7 Å². The molecular weight excluding hydrogens is 533 g/mol. The Labute approximate surface area is 221 Å². The van der Waals surface area contributed by atoms with Gasteiger partial charge in [-0.3, -0.25) is 4.72 Å². The molecule has 4 aromatic carbocycles. The summed E-state index contributed by atoms with van der Waals surface area (Å²) in [5.74, 6) is 0.476. The van der Waals surface area contributed by atoms with Crippen molar-refractivity contribution < 1.29 is 26.3 Å². The largest absolute Gasteiger partial charge is 0.457 e. The van der Waals surface area contributed by atoms with Crippen molar-refractivity contribution in [3.63, 3.8) is 0 Å². The number of benzene rings is 4. The highest BCUT2D eigenvalue weighted by Crippen LogP contribution is 2.32. The molecule has 0 unspecified atom stereocenters. The molecule has 1 aromatic heterocycles. The first-order valence-corrected chi connectivity index (χ1v) is 13.6. The Bertz CT molecular complexity index is 1650. The molecule has 0 aliphatic carbocycles. The van der Waals surface area contributed by atoms with Crippen LogP contribution in [0.1, 0.15) is 5.56 Å². The minimum atomic E-state index is -4.44. The van der Waals surface area contributed by atoms with Crippen LogP contribution < -0.4 is 9.46 Å². The van der Waals surface area contributed by atoms with E-state index >= 15 is 0 Å². The number of nitrogens with zero attached hydrogens (tertiary/aromatic N) is 1. The highest BCUT2D eigenvalue weighted by Gasteiger charge is 2.30. The molecule has 0 radical (unpaired) electrons. The molecule has 0 fully saturated rings. The van der Waals surface area contributed by atoms with Crippen molar-refractivity contribution in [3.8, 4) is 33.3 Å². The number of nitrogens with one attached hydrogen (secondary N) is 1. The number of hydrogen-bond donors (Lipinski definition) is 1. The monoisotopic (exact) mass is 552 g/mol. The van der Waals surface area contributed by atoms with E-state index in [0.717, 1.165) is 34.0 Å². The van der Waals surface area contributed by atoms with Crippen molar-refractivity contribution >= 4 is 27.0 Å². The van der Waals surface area contributed by atoms with Gasteiger partial charge in [0, 0.05) is 22.2 Å². The maximum Gasteiger partial charge on any atom is 0.416 e. The highest BCUT2D eigenvalue weighted by atomic mass is 32.2. The van der Waals surface area contributed by atoms with Crippen molar-refractivity contribution in [2.45, 2.75) is 11.1 Å². The third-order valence-corrected chi connectivity index (χ3v) is 7.78. The van der Waals surface area contributed by atoms with Gasteiger partial charge in [0.1, 0.15) is 16.5 Å². The minimum Gasteiger partial charge on any atom is -0.457 e. The Morgan fingerprint density at radius 1 is 0.763 bits per heavy atom. The van der Waals surface area contributed by atoms with Gasteiger partial charge in [0.2, 0.25) is 0 Å². The van der Waals surface area contributed by atoms with Gasteiger partial charge in [-0.2, -0.15) is 13.2 Å². The molecule has 10 heteroatoms. The molecule has 0 saturated heterocycles. The third kappa shape index (κ3) is 5.87. The molecule has 5 aromatic rings. The second-order valence-corrected chi connectivity index (χ2v) is 10.7. The van der Waals surface area contributed by atoms with Crippen LogP contribution in [0.3, 0.4) is 0 Å². The van der Waals surface area contributed by atoms with Gasteiger partial charge in [0.05, 0.1) is 16.2 Å². The summed E-state index contributed by atoms with van der Waals surface area (Å²) in [5, 5.41) is 2.79. The van der Waals surface area contributed by atoms with Gasteiger partial charge in [-0.25, -0.2) is 13.4 Å². The number of aromatic nitrogens is 1. The standard InChI is InChI=1S/C28H19F3N2O3S2/c29-28(30,31)21-9-11-23(12-10-21)36-24-13-15-25(16-14-24)38(34,35)33-22-8-4-7-20(17-22)26-18-37-27(32-26)19-5-2-1-3-6-19/h1-18,33H. The van der Waals surface area contributed by atoms with Gasteiger partial charge in [0.25, 0.3) is 10.0 Å². The van der Waals surface area contributed by atoms with Gasteiger partial charge in [-0.15, -0.1) is 11.3 Å². The van der Waals surface area contributed by atoms with Gasteiger partial charge >= 0.3 is 6.18 Å². The van der Waals surface area contributed by atoms with Crippen LogP contribution in [0.5, 0.6) is 11.5 Å². The number of rotatable bonds is 7. The summed E-state index contributed by atoms with van der Waals surface area (Å²) in [5.41, 5.74) is 2.10. The van der Waals surface area contributed by atoms with Crippen molar-refractivity contribution in [1.82, 2.24) is 4.98 Å². The summed E-state index contributed by atoms with van der Waals surface area (Å²) >= 11 is 1.51. The van der Waals surface area contributed by atoms with Gasteiger partial charge in [0.15, 0.2) is 0 Å². The highest BCUT2D eigenvalue weighted by molar-refractivity contribution is 7.92. The molecule has 0 amide bonds. The van der Waals surface area contributed by atoms with Crippen LogP contribution in [-0.4, -0.2) is 13.4 Å². The second-order valence-electron chi connectivity index (χ2n) is 8.19. The molecule has 5 nitrogen and oxygen atoms in total. The lowest BCUT2D eigenvalue weighted by Gasteiger charge is -2.11. The lowest BCUT2D eigenvalue weighted by Crippen LogP contribution is -2.12. The van der Waals surface area contributed by atoms with E-state index in [-0.39, 0.29) is 16.4 Å². The first-order valence-electron chi connectivity index (χ1n) is 11.3. The zero-order valence-corrected chi connectivity index (χ0v) is 21.1. The van der Waals surface area contributed by atoms with E-state index in [1.54, 1.807) is 18.2 Å². The number of sulfonamides is 1. The predicted octanol–water partition coefficient (Wildman–Crippen LogP) is 8.09. The summed E-state index contributed by atoms with van der Waals surface area (Å²) in [6.45, 7) is 0. The van der Waals surface area contributed by atoms with Crippen molar-refractivity contribution in [2.24, 2.45) is 0 Å². The Morgan fingerprint density at radius 2 is 1.39 bits per heavy atom. The van der Waals surface area contributed by atoms with Crippen LogP contribution in [-0.2, 0) is 16.2 Å². The number of halogens is 3. The topological polar surface area (TPSA) is 68.3 Å². The van der Waals surface area contributed by atoms with Crippen molar-refractivity contribution in [3.05, 3.63) is 114 Å². The van der Waals surface area contributed by atoms with Gasteiger partial charge < -0.3 is 4.74 Å². The average Bonchev–Trinajstić information content (AvgIpc) is 3.40. The van der Waals surface area contributed by atoms with E-state index in [0.29, 0.717) is 5.69 Å². The molecule has 1 heterocycles. The normalized spacial score (nSPS) is 11.8. The summed E-state index contributed by atoms with van der Waals surface area (Å²) in [6.07, 6.45) is -4.44. The van der Waals surface area contributed by atoms with Crippen LogP contribution in [0.4, 0.5) is 18.9 Å². The van der Waals surface area contributed by atoms with E-state index < -0.39 is 21.8 Å². The van der Waals surface area contributed by atoms with Crippen LogP contribution >= 0.6 is 11.3 Å². The number of alkyl halides is 3. The fourth-order valence-corrected chi connectivity index (χ4v) is 5.50. The lowest BCUT2D eigenvalue weighted by molar-refractivity contribution is -0.137. The number of thiazole rings is 1. The molecule has 0 bridgehead atoms.